The lowest BCUT2D eigenvalue weighted by molar-refractivity contribution is -0.121. The molecule has 1 atom stereocenters. The summed E-state index contributed by atoms with van der Waals surface area (Å²) in [7, 11) is 0. The third-order valence-corrected chi connectivity index (χ3v) is 3.45. The highest BCUT2D eigenvalue weighted by Gasteiger charge is 2.29. The van der Waals surface area contributed by atoms with Gasteiger partial charge in [0.15, 0.2) is 0 Å². The Morgan fingerprint density at radius 2 is 2.15 bits per heavy atom. The molecule has 0 bridgehead atoms. The van der Waals surface area contributed by atoms with E-state index in [1.54, 1.807) is 6.07 Å². The summed E-state index contributed by atoms with van der Waals surface area (Å²) in [5, 5.41) is 0. The van der Waals surface area contributed by atoms with E-state index in [1.807, 2.05) is 25.7 Å². The van der Waals surface area contributed by atoms with Crippen LogP contribution < -0.4 is 21.9 Å². The second kappa shape index (κ2) is 5.24. The Hall–Kier alpha value is -1.89. The van der Waals surface area contributed by atoms with Crippen LogP contribution in [0.5, 0.6) is 0 Å². The lowest BCUT2D eigenvalue weighted by atomic mass is 9.96. The van der Waals surface area contributed by atoms with Crippen LogP contribution >= 0.6 is 0 Å². The van der Waals surface area contributed by atoms with Crippen molar-refractivity contribution < 1.29 is 4.79 Å². The topological polar surface area (TPSA) is 110 Å². The molecule has 0 aromatic carbocycles. The minimum absolute atomic E-state index is 0.114. The number of amides is 1. The summed E-state index contributed by atoms with van der Waals surface area (Å²) < 4.78 is 0. The van der Waals surface area contributed by atoms with Crippen LogP contribution in [0.4, 0.5) is 11.6 Å². The first kappa shape index (κ1) is 14.5. The molecule has 110 valence electrons. The molecule has 1 fully saturated rings. The van der Waals surface area contributed by atoms with E-state index in [2.05, 4.69) is 15.4 Å². The van der Waals surface area contributed by atoms with Crippen LogP contribution in [0.1, 0.15) is 33.0 Å². The second-order valence-corrected chi connectivity index (χ2v) is 6.16. The first-order chi connectivity index (χ1) is 9.31. The molecule has 1 amide bonds. The lowest BCUT2D eigenvalue weighted by Gasteiger charge is -2.22. The second-order valence-electron chi connectivity index (χ2n) is 6.16. The van der Waals surface area contributed by atoms with E-state index >= 15 is 0 Å². The number of nitrogens with two attached hydrogens (primary N) is 2. The van der Waals surface area contributed by atoms with Gasteiger partial charge in [-0.3, -0.25) is 4.79 Å². The number of carbonyl (C=O) groups excluding carboxylic acids is 1. The number of hydrogen-bond acceptors (Lipinski definition) is 6. The van der Waals surface area contributed by atoms with Crippen molar-refractivity contribution in [1.82, 2.24) is 9.97 Å². The summed E-state index contributed by atoms with van der Waals surface area (Å²) in [4.78, 5) is 22.3. The number of nitrogen functional groups attached to an aromatic ring is 1. The highest BCUT2D eigenvalue weighted by atomic mass is 16.1. The Labute approximate surface area is 118 Å². The maximum absolute atomic E-state index is 11.3. The number of nitrogens with one attached hydrogen (secondary N) is 1. The molecule has 7 nitrogen and oxygen atoms in total. The van der Waals surface area contributed by atoms with Crippen LogP contribution in [0, 0.1) is 5.92 Å². The van der Waals surface area contributed by atoms with Gasteiger partial charge in [-0.15, -0.1) is 0 Å². The van der Waals surface area contributed by atoms with Crippen molar-refractivity contribution in [2.45, 2.75) is 32.6 Å². The summed E-state index contributed by atoms with van der Waals surface area (Å²) >= 11 is 0. The first-order valence-corrected chi connectivity index (χ1v) is 6.71. The molecule has 2 rings (SSSR count). The number of aromatic nitrogens is 2. The van der Waals surface area contributed by atoms with E-state index in [0.717, 1.165) is 18.8 Å². The molecule has 0 saturated carbocycles. The van der Waals surface area contributed by atoms with Crippen LogP contribution in [0.3, 0.4) is 0 Å². The number of carbonyl (C=O) groups is 1. The highest BCUT2D eigenvalue weighted by Crippen LogP contribution is 2.27. The van der Waals surface area contributed by atoms with Crippen LogP contribution in [0.2, 0.25) is 0 Å². The molecule has 7 heteroatoms. The van der Waals surface area contributed by atoms with Gasteiger partial charge in [-0.1, -0.05) is 20.8 Å². The smallest absolute Gasteiger partial charge is 0.222 e. The van der Waals surface area contributed by atoms with Gasteiger partial charge in [0.05, 0.1) is 5.92 Å². The maximum Gasteiger partial charge on any atom is 0.222 e. The number of rotatable bonds is 3. The molecule has 1 unspecified atom stereocenters. The Kier molecular flexibility index (Phi) is 3.80. The number of anilines is 2. The van der Waals surface area contributed by atoms with Crippen LogP contribution in [-0.2, 0) is 10.2 Å². The molecule has 0 radical (unpaired) electrons. The molecular weight excluding hydrogens is 256 g/mol. The highest BCUT2D eigenvalue weighted by molar-refractivity contribution is 5.78. The van der Waals surface area contributed by atoms with Gasteiger partial charge in [0.2, 0.25) is 5.91 Å². The van der Waals surface area contributed by atoms with Crippen molar-refractivity contribution >= 4 is 17.5 Å². The van der Waals surface area contributed by atoms with Crippen molar-refractivity contribution in [1.29, 1.82) is 0 Å². The van der Waals surface area contributed by atoms with Gasteiger partial charge in [0, 0.05) is 24.6 Å². The molecular formula is C13H22N6O. The zero-order chi connectivity index (χ0) is 14.9. The Morgan fingerprint density at radius 3 is 2.65 bits per heavy atom. The lowest BCUT2D eigenvalue weighted by Crippen LogP contribution is -2.29. The van der Waals surface area contributed by atoms with Crippen molar-refractivity contribution in [2.24, 2.45) is 17.5 Å². The van der Waals surface area contributed by atoms with Crippen LogP contribution in [0.15, 0.2) is 6.07 Å². The molecule has 2 heterocycles. The first-order valence-electron chi connectivity index (χ1n) is 6.71. The maximum atomic E-state index is 11.3. The quantitative estimate of drug-likeness (QED) is 0.544. The predicted octanol–water partition coefficient (Wildman–Crippen LogP) is 0.371. The Bertz CT molecular complexity index is 510. The van der Waals surface area contributed by atoms with E-state index in [1.165, 1.54) is 0 Å². The van der Waals surface area contributed by atoms with Crippen LogP contribution in [-0.4, -0.2) is 29.0 Å². The summed E-state index contributed by atoms with van der Waals surface area (Å²) in [6, 6.07) is 1.79. The van der Waals surface area contributed by atoms with E-state index in [-0.39, 0.29) is 17.2 Å². The molecule has 1 saturated heterocycles. The zero-order valence-corrected chi connectivity index (χ0v) is 12.2. The van der Waals surface area contributed by atoms with Gasteiger partial charge in [-0.05, 0) is 6.42 Å². The van der Waals surface area contributed by atoms with E-state index in [9.17, 15) is 4.79 Å². The Morgan fingerprint density at radius 1 is 1.45 bits per heavy atom. The van der Waals surface area contributed by atoms with Gasteiger partial charge < -0.3 is 16.1 Å². The molecule has 0 aliphatic carbocycles. The standard InChI is InChI=1S/C13H22N6O/c1-13(2,3)12-16-9(18-15)6-10(17-12)19-5-4-8(7-19)11(14)20/h6,8H,4-5,7,15H2,1-3H3,(H2,14,20)(H,16,17,18). The SMILES string of the molecule is CC(C)(C)c1nc(NN)cc(N2CCC(C(N)=O)C2)n1. The predicted molar refractivity (Wildman–Crippen MR) is 78.1 cm³/mol. The molecule has 1 aliphatic heterocycles. The van der Waals surface area contributed by atoms with Crippen molar-refractivity contribution in [3.8, 4) is 0 Å². The van der Waals surface area contributed by atoms with Gasteiger partial charge in [0.1, 0.15) is 17.5 Å². The number of primary amides is 1. The molecule has 1 aromatic heterocycles. The number of hydrogen-bond donors (Lipinski definition) is 3. The fourth-order valence-electron chi connectivity index (χ4n) is 2.21. The van der Waals surface area contributed by atoms with Gasteiger partial charge in [0.25, 0.3) is 0 Å². The van der Waals surface area contributed by atoms with Gasteiger partial charge in [-0.25, -0.2) is 15.8 Å². The average molecular weight is 278 g/mol. The number of nitrogens with zero attached hydrogens (tertiary/aromatic N) is 3. The minimum Gasteiger partial charge on any atom is -0.369 e. The fraction of sp³-hybridized carbons (Fsp3) is 0.615. The minimum atomic E-state index is -0.255. The fourth-order valence-corrected chi connectivity index (χ4v) is 2.21. The summed E-state index contributed by atoms with van der Waals surface area (Å²) in [5.74, 6) is 7.17. The summed E-state index contributed by atoms with van der Waals surface area (Å²) in [5.41, 5.74) is 7.75. The third-order valence-electron chi connectivity index (χ3n) is 3.45. The van der Waals surface area contributed by atoms with E-state index < -0.39 is 0 Å². The van der Waals surface area contributed by atoms with E-state index in [0.29, 0.717) is 18.2 Å². The van der Waals surface area contributed by atoms with Gasteiger partial charge >= 0.3 is 0 Å². The molecule has 1 aromatic rings. The van der Waals surface area contributed by atoms with Crippen molar-refractivity contribution in [3.63, 3.8) is 0 Å². The average Bonchev–Trinajstić information content (AvgIpc) is 2.87. The Balaban J connectivity index is 2.30. The molecule has 1 aliphatic rings. The largest absolute Gasteiger partial charge is 0.369 e. The third kappa shape index (κ3) is 2.98. The zero-order valence-electron chi connectivity index (χ0n) is 12.2. The summed E-state index contributed by atoms with van der Waals surface area (Å²) in [6.07, 6.45) is 0.759. The van der Waals surface area contributed by atoms with Crippen molar-refractivity contribution in [3.05, 3.63) is 11.9 Å². The molecule has 20 heavy (non-hydrogen) atoms. The van der Waals surface area contributed by atoms with Gasteiger partial charge in [-0.2, -0.15) is 0 Å². The number of hydrazine groups is 1. The van der Waals surface area contributed by atoms with Crippen molar-refractivity contribution in [2.75, 3.05) is 23.4 Å². The monoisotopic (exact) mass is 278 g/mol. The molecule has 0 spiro atoms. The molecule has 5 N–H and O–H groups in total. The summed E-state index contributed by atoms with van der Waals surface area (Å²) in [6.45, 7) is 7.49. The van der Waals surface area contributed by atoms with E-state index in [4.69, 9.17) is 11.6 Å². The van der Waals surface area contributed by atoms with Crippen LogP contribution in [0.25, 0.3) is 0 Å². The normalized spacial score (nSPS) is 19.2.